The van der Waals surface area contributed by atoms with E-state index in [1.54, 1.807) is 0 Å². The van der Waals surface area contributed by atoms with Crippen LogP contribution in [-0.2, 0) is 16.0 Å². The first-order valence-corrected chi connectivity index (χ1v) is 6.86. The lowest BCUT2D eigenvalue weighted by Crippen LogP contribution is -2.50. The lowest BCUT2D eigenvalue weighted by atomic mass is 10.0. The molecule has 1 aliphatic heterocycles. The standard InChI is InChI=1S/C15H22N2O2/c1-12-11-17(9-10-19-12)15(18)14(16)8-7-13-5-3-2-4-6-13/h2-6,12,14H,7-11,16H2,1H3. The van der Waals surface area contributed by atoms with Gasteiger partial charge < -0.3 is 15.4 Å². The summed E-state index contributed by atoms with van der Waals surface area (Å²) in [6.45, 7) is 3.90. The molecule has 0 aliphatic carbocycles. The average molecular weight is 262 g/mol. The fourth-order valence-corrected chi connectivity index (χ4v) is 2.34. The van der Waals surface area contributed by atoms with Crippen molar-refractivity contribution in [2.45, 2.75) is 31.9 Å². The van der Waals surface area contributed by atoms with Crippen LogP contribution in [0.3, 0.4) is 0 Å². The highest BCUT2D eigenvalue weighted by Gasteiger charge is 2.25. The summed E-state index contributed by atoms with van der Waals surface area (Å²) in [6, 6.07) is 9.72. The summed E-state index contributed by atoms with van der Waals surface area (Å²) >= 11 is 0. The molecule has 0 bridgehead atoms. The molecular formula is C15H22N2O2. The van der Waals surface area contributed by atoms with Gasteiger partial charge in [-0.25, -0.2) is 0 Å². The molecule has 1 heterocycles. The van der Waals surface area contributed by atoms with Crippen molar-refractivity contribution in [1.29, 1.82) is 0 Å². The average Bonchev–Trinajstić information content (AvgIpc) is 2.45. The molecular weight excluding hydrogens is 240 g/mol. The summed E-state index contributed by atoms with van der Waals surface area (Å²) in [6.07, 6.45) is 1.64. The van der Waals surface area contributed by atoms with Crippen molar-refractivity contribution in [2.75, 3.05) is 19.7 Å². The van der Waals surface area contributed by atoms with Crippen LogP contribution in [0.1, 0.15) is 18.9 Å². The lowest BCUT2D eigenvalue weighted by Gasteiger charge is -2.32. The van der Waals surface area contributed by atoms with Crippen LogP contribution in [-0.4, -0.2) is 42.6 Å². The number of amides is 1. The van der Waals surface area contributed by atoms with E-state index in [9.17, 15) is 4.79 Å². The van der Waals surface area contributed by atoms with E-state index in [4.69, 9.17) is 10.5 Å². The molecule has 1 saturated heterocycles. The molecule has 1 fully saturated rings. The Morgan fingerprint density at radius 3 is 2.89 bits per heavy atom. The predicted octanol–water partition coefficient (Wildman–Crippen LogP) is 1.19. The minimum atomic E-state index is -0.412. The number of hydrogen-bond donors (Lipinski definition) is 1. The van der Waals surface area contributed by atoms with Crippen molar-refractivity contribution in [3.63, 3.8) is 0 Å². The number of morpholine rings is 1. The van der Waals surface area contributed by atoms with Crippen LogP contribution in [0.25, 0.3) is 0 Å². The van der Waals surface area contributed by atoms with Crippen LogP contribution in [0.4, 0.5) is 0 Å². The number of carbonyl (C=O) groups is 1. The highest BCUT2D eigenvalue weighted by molar-refractivity contribution is 5.81. The van der Waals surface area contributed by atoms with E-state index in [2.05, 4.69) is 12.1 Å². The number of carbonyl (C=O) groups excluding carboxylic acids is 1. The second-order valence-corrected chi connectivity index (χ2v) is 5.10. The van der Waals surface area contributed by atoms with Crippen molar-refractivity contribution < 1.29 is 9.53 Å². The van der Waals surface area contributed by atoms with Crippen LogP contribution in [0.2, 0.25) is 0 Å². The number of nitrogens with zero attached hydrogens (tertiary/aromatic N) is 1. The van der Waals surface area contributed by atoms with E-state index in [1.165, 1.54) is 5.56 Å². The number of rotatable bonds is 4. The minimum Gasteiger partial charge on any atom is -0.375 e. The van der Waals surface area contributed by atoms with Crippen LogP contribution in [0.5, 0.6) is 0 Å². The highest BCUT2D eigenvalue weighted by atomic mass is 16.5. The smallest absolute Gasteiger partial charge is 0.239 e. The zero-order chi connectivity index (χ0) is 13.7. The third-order valence-electron chi connectivity index (χ3n) is 3.46. The molecule has 0 saturated carbocycles. The van der Waals surface area contributed by atoms with Crippen molar-refractivity contribution in [2.24, 2.45) is 5.73 Å². The topological polar surface area (TPSA) is 55.6 Å². The molecule has 4 heteroatoms. The maximum atomic E-state index is 12.2. The maximum absolute atomic E-state index is 12.2. The van der Waals surface area contributed by atoms with Gasteiger partial charge in [0, 0.05) is 13.1 Å². The largest absolute Gasteiger partial charge is 0.375 e. The van der Waals surface area contributed by atoms with E-state index in [1.807, 2.05) is 30.0 Å². The molecule has 19 heavy (non-hydrogen) atoms. The summed E-state index contributed by atoms with van der Waals surface area (Å²) in [4.78, 5) is 14.0. The van der Waals surface area contributed by atoms with Gasteiger partial charge in [0.15, 0.2) is 0 Å². The predicted molar refractivity (Wildman–Crippen MR) is 74.7 cm³/mol. The zero-order valence-corrected chi connectivity index (χ0v) is 11.4. The number of aryl methyl sites for hydroxylation is 1. The van der Waals surface area contributed by atoms with Gasteiger partial charge >= 0.3 is 0 Å². The van der Waals surface area contributed by atoms with Crippen LogP contribution >= 0.6 is 0 Å². The molecule has 2 rings (SSSR count). The van der Waals surface area contributed by atoms with Gasteiger partial charge in [0.2, 0.25) is 5.91 Å². The Morgan fingerprint density at radius 2 is 2.21 bits per heavy atom. The van der Waals surface area contributed by atoms with Gasteiger partial charge in [-0.1, -0.05) is 30.3 Å². The summed E-state index contributed by atoms with van der Waals surface area (Å²) < 4.78 is 5.43. The second kappa shape index (κ2) is 6.68. The van der Waals surface area contributed by atoms with Crippen LogP contribution < -0.4 is 5.73 Å². The van der Waals surface area contributed by atoms with Crippen LogP contribution in [0, 0.1) is 0 Å². The third-order valence-corrected chi connectivity index (χ3v) is 3.46. The minimum absolute atomic E-state index is 0.0473. The first-order chi connectivity index (χ1) is 9.16. The lowest BCUT2D eigenvalue weighted by molar-refractivity contribution is -0.139. The Balaban J connectivity index is 1.82. The maximum Gasteiger partial charge on any atom is 0.239 e. The molecule has 0 radical (unpaired) electrons. The summed E-state index contributed by atoms with van der Waals surface area (Å²) in [5, 5.41) is 0. The monoisotopic (exact) mass is 262 g/mol. The van der Waals surface area contributed by atoms with Crippen molar-refractivity contribution in [3.8, 4) is 0 Å². The Kier molecular flexibility index (Phi) is 4.93. The quantitative estimate of drug-likeness (QED) is 0.887. The molecule has 2 unspecified atom stereocenters. The van der Waals surface area contributed by atoms with Crippen LogP contribution in [0.15, 0.2) is 30.3 Å². The van der Waals surface area contributed by atoms with Crippen molar-refractivity contribution in [3.05, 3.63) is 35.9 Å². The molecule has 1 aromatic rings. The number of hydrogen-bond acceptors (Lipinski definition) is 3. The van der Waals surface area contributed by atoms with Gasteiger partial charge in [-0.2, -0.15) is 0 Å². The van der Waals surface area contributed by atoms with Gasteiger partial charge in [0.05, 0.1) is 18.8 Å². The molecule has 104 valence electrons. The first kappa shape index (κ1) is 14.0. The SMILES string of the molecule is CC1CN(C(=O)C(N)CCc2ccccc2)CCO1. The normalized spacial score (nSPS) is 21.2. The van der Waals surface area contributed by atoms with Gasteiger partial charge in [-0.05, 0) is 25.3 Å². The Labute approximate surface area is 114 Å². The molecule has 0 spiro atoms. The molecule has 1 aromatic carbocycles. The summed E-state index contributed by atoms with van der Waals surface area (Å²) in [7, 11) is 0. The molecule has 2 N–H and O–H groups in total. The fourth-order valence-electron chi connectivity index (χ4n) is 2.34. The van der Waals surface area contributed by atoms with E-state index in [0.717, 1.165) is 6.42 Å². The summed E-state index contributed by atoms with van der Waals surface area (Å²) in [5.41, 5.74) is 7.23. The first-order valence-electron chi connectivity index (χ1n) is 6.86. The van der Waals surface area contributed by atoms with E-state index in [0.29, 0.717) is 26.1 Å². The van der Waals surface area contributed by atoms with Gasteiger partial charge in [0.25, 0.3) is 0 Å². The second-order valence-electron chi connectivity index (χ2n) is 5.10. The Bertz CT molecular complexity index is 408. The Hall–Kier alpha value is -1.39. The zero-order valence-electron chi connectivity index (χ0n) is 11.4. The van der Waals surface area contributed by atoms with Gasteiger partial charge in [0.1, 0.15) is 0 Å². The Morgan fingerprint density at radius 1 is 1.47 bits per heavy atom. The van der Waals surface area contributed by atoms with E-state index < -0.39 is 6.04 Å². The van der Waals surface area contributed by atoms with Crippen molar-refractivity contribution in [1.82, 2.24) is 4.90 Å². The molecule has 2 atom stereocenters. The number of nitrogens with two attached hydrogens (primary N) is 1. The molecule has 4 nitrogen and oxygen atoms in total. The number of benzene rings is 1. The molecule has 1 aliphatic rings. The van der Waals surface area contributed by atoms with Crippen molar-refractivity contribution >= 4 is 5.91 Å². The fraction of sp³-hybridized carbons (Fsp3) is 0.533. The summed E-state index contributed by atoms with van der Waals surface area (Å²) in [5.74, 6) is 0.0473. The van der Waals surface area contributed by atoms with E-state index in [-0.39, 0.29) is 12.0 Å². The third kappa shape index (κ3) is 4.04. The van der Waals surface area contributed by atoms with Gasteiger partial charge in [-0.15, -0.1) is 0 Å². The molecule has 1 amide bonds. The van der Waals surface area contributed by atoms with Gasteiger partial charge in [-0.3, -0.25) is 4.79 Å². The van der Waals surface area contributed by atoms with E-state index >= 15 is 0 Å². The highest BCUT2D eigenvalue weighted by Crippen LogP contribution is 2.09. The number of ether oxygens (including phenoxy) is 1. The molecule has 0 aromatic heterocycles.